The number of carbonyl (C=O) groups is 1. The van der Waals surface area contributed by atoms with Crippen molar-refractivity contribution in [3.05, 3.63) is 12.7 Å². The van der Waals surface area contributed by atoms with Crippen LogP contribution in [0.25, 0.3) is 0 Å². The summed E-state index contributed by atoms with van der Waals surface area (Å²) in [5, 5.41) is 0. The summed E-state index contributed by atoms with van der Waals surface area (Å²) in [5.41, 5.74) is 0. The predicted molar refractivity (Wildman–Crippen MR) is 50.9 cm³/mol. The molecule has 3 atom stereocenters. The van der Waals surface area contributed by atoms with Crippen molar-refractivity contribution in [3.8, 4) is 0 Å². The summed E-state index contributed by atoms with van der Waals surface area (Å²) in [5.74, 6) is 1.76. The van der Waals surface area contributed by atoms with Crippen LogP contribution < -0.4 is 0 Å². The van der Waals surface area contributed by atoms with E-state index in [9.17, 15) is 4.79 Å². The Morgan fingerprint density at radius 1 is 1.58 bits per heavy atom. The van der Waals surface area contributed by atoms with Crippen LogP contribution in [-0.4, -0.2) is 5.78 Å². The van der Waals surface area contributed by atoms with E-state index in [1.54, 1.807) is 6.92 Å². The second-order valence-electron chi connectivity index (χ2n) is 3.91. The lowest BCUT2D eigenvalue weighted by Gasteiger charge is -2.21. The minimum atomic E-state index is 0.318. The molecular formula is C11H18O. The highest BCUT2D eigenvalue weighted by molar-refractivity contribution is 5.78. The lowest BCUT2D eigenvalue weighted by Crippen LogP contribution is -2.20. The minimum absolute atomic E-state index is 0.318. The largest absolute Gasteiger partial charge is 0.300 e. The van der Waals surface area contributed by atoms with Gasteiger partial charge < -0.3 is 0 Å². The Bertz CT molecular complexity index is 183. The maximum absolute atomic E-state index is 11.2. The molecule has 0 spiro atoms. The van der Waals surface area contributed by atoms with Crippen molar-refractivity contribution < 1.29 is 4.79 Å². The fraction of sp³-hybridized carbons (Fsp3) is 0.727. The van der Waals surface area contributed by atoms with Crippen LogP contribution in [0, 0.1) is 17.8 Å². The zero-order chi connectivity index (χ0) is 9.14. The average molecular weight is 166 g/mol. The molecule has 1 fully saturated rings. The Hall–Kier alpha value is -0.590. The molecule has 0 aromatic rings. The molecule has 0 aliphatic heterocycles. The van der Waals surface area contributed by atoms with E-state index in [-0.39, 0.29) is 0 Å². The fourth-order valence-corrected chi connectivity index (χ4v) is 2.30. The summed E-state index contributed by atoms with van der Waals surface area (Å²) in [6.45, 7) is 7.67. The molecular weight excluding hydrogens is 148 g/mol. The van der Waals surface area contributed by atoms with Crippen molar-refractivity contribution in [2.75, 3.05) is 0 Å². The Morgan fingerprint density at radius 2 is 2.25 bits per heavy atom. The van der Waals surface area contributed by atoms with Crippen LogP contribution in [0.5, 0.6) is 0 Å². The topological polar surface area (TPSA) is 17.1 Å². The second-order valence-corrected chi connectivity index (χ2v) is 3.91. The third-order valence-corrected chi connectivity index (χ3v) is 3.14. The van der Waals surface area contributed by atoms with Gasteiger partial charge in [0.2, 0.25) is 0 Å². The van der Waals surface area contributed by atoms with Gasteiger partial charge in [0.1, 0.15) is 5.78 Å². The Morgan fingerprint density at radius 3 is 2.75 bits per heavy atom. The molecule has 68 valence electrons. The third-order valence-electron chi connectivity index (χ3n) is 3.14. The fourth-order valence-electron chi connectivity index (χ4n) is 2.30. The monoisotopic (exact) mass is 166 g/mol. The number of ketones is 1. The maximum atomic E-state index is 11.2. The van der Waals surface area contributed by atoms with Crippen molar-refractivity contribution in [1.82, 2.24) is 0 Å². The first-order valence-corrected chi connectivity index (χ1v) is 4.79. The summed E-state index contributed by atoms with van der Waals surface area (Å²) >= 11 is 0. The van der Waals surface area contributed by atoms with E-state index in [0.717, 1.165) is 6.42 Å². The van der Waals surface area contributed by atoms with Crippen molar-refractivity contribution in [3.63, 3.8) is 0 Å². The Balaban J connectivity index is 2.63. The van der Waals surface area contributed by atoms with E-state index >= 15 is 0 Å². The van der Waals surface area contributed by atoms with E-state index in [0.29, 0.717) is 23.5 Å². The van der Waals surface area contributed by atoms with Gasteiger partial charge in [-0.1, -0.05) is 19.4 Å². The van der Waals surface area contributed by atoms with Crippen LogP contribution >= 0.6 is 0 Å². The number of rotatable bonds is 3. The Kier molecular flexibility index (Phi) is 3.07. The third kappa shape index (κ3) is 1.77. The van der Waals surface area contributed by atoms with Crippen LogP contribution in [-0.2, 0) is 4.79 Å². The molecule has 0 N–H and O–H groups in total. The summed E-state index contributed by atoms with van der Waals surface area (Å²) in [6.07, 6.45) is 5.49. The molecule has 1 aliphatic rings. The molecule has 0 radical (unpaired) electrons. The predicted octanol–water partition coefficient (Wildman–Crippen LogP) is 2.81. The van der Waals surface area contributed by atoms with Crippen molar-refractivity contribution in [1.29, 1.82) is 0 Å². The number of Topliss-reactive ketones (excluding diaryl/α,β-unsaturated/α-hetero) is 1. The lowest BCUT2D eigenvalue weighted by molar-refractivity contribution is -0.122. The molecule has 12 heavy (non-hydrogen) atoms. The molecule has 1 nitrogen and oxygen atoms in total. The van der Waals surface area contributed by atoms with Crippen LogP contribution in [0.4, 0.5) is 0 Å². The van der Waals surface area contributed by atoms with Gasteiger partial charge in [0.15, 0.2) is 0 Å². The zero-order valence-electron chi connectivity index (χ0n) is 8.05. The number of hydrogen-bond acceptors (Lipinski definition) is 1. The quantitative estimate of drug-likeness (QED) is 0.589. The lowest BCUT2D eigenvalue weighted by atomic mass is 9.83. The molecule has 0 aromatic carbocycles. The van der Waals surface area contributed by atoms with Crippen molar-refractivity contribution >= 4 is 5.78 Å². The van der Waals surface area contributed by atoms with E-state index in [4.69, 9.17) is 0 Å². The van der Waals surface area contributed by atoms with E-state index < -0.39 is 0 Å². The highest BCUT2D eigenvalue weighted by Crippen LogP contribution is 2.37. The molecule has 1 aliphatic carbocycles. The minimum Gasteiger partial charge on any atom is -0.300 e. The van der Waals surface area contributed by atoms with Gasteiger partial charge in [-0.2, -0.15) is 0 Å². The molecule has 0 aromatic heterocycles. The number of carbonyl (C=O) groups excluding carboxylic acids is 1. The van der Waals surface area contributed by atoms with Crippen molar-refractivity contribution in [2.24, 2.45) is 17.8 Å². The van der Waals surface area contributed by atoms with Crippen LogP contribution in [0.15, 0.2) is 12.7 Å². The zero-order valence-corrected chi connectivity index (χ0v) is 8.05. The van der Waals surface area contributed by atoms with Gasteiger partial charge in [-0.3, -0.25) is 4.79 Å². The highest BCUT2D eigenvalue weighted by atomic mass is 16.1. The van der Waals surface area contributed by atoms with Gasteiger partial charge in [0.05, 0.1) is 0 Å². The molecule has 0 saturated heterocycles. The molecule has 1 heteroatoms. The van der Waals surface area contributed by atoms with Gasteiger partial charge in [-0.05, 0) is 31.6 Å². The number of hydrogen-bond donors (Lipinski definition) is 0. The van der Waals surface area contributed by atoms with Gasteiger partial charge in [0.25, 0.3) is 0 Å². The van der Waals surface area contributed by atoms with E-state index in [2.05, 4.69) is 13.5 Å². The summed E-state index contributed by atoms with van der Waals surface area (Å²) in [6, 6.07) is 0. The van der Waals surface area contributed by atoms with Crippen LogP contribution in [0.2, 0.25) is 0 Å². The van der Waals surface area contributed by atoms with Crippen LogP contribution in [0.1, 0.15) is 33.1 Å². The maximum Gasteiger partial charge on any atom is 0.133 e. The Labute approximate surface area is 74.9 Å². The summed E-state index contributed by atoms with van der Waals surface area (Å²) in [7, 11) is 0. The normalized spacial score (nSPS) is 31.5. The summed E-state index contributed by atoms with van der Waals surface area (Å²) < 4.78 is 0. The molecule has 1 saturated carbocycles. The second kappa shape index (κ2) is 3.88. The average Bonchev–Trinajstić information content (AvgIpc) is 2.50. The van der Waals surface area contributed by atoms with Gasteiger partial charge in [-0.15, -0.1) is 6.58 Å². The first-order chi connectivity index (χ1) is 5.66. The van der Waals surface area contributed by atoms with Gasteiger partial charge >= 0.3 is 0 Å². The molecule has 0 amide bonds. The first kappa shape index (κ1) is 9.50. The highest BCUT2D eigenvalue weighted by Gasteiger charge is 2.32. The first-order valence-electron chi connectivity index (χ1n) is 4.79. The SMILES string of the molecule is C=CC(C)C1CCCC1C(C)=O. The molecule has 3 unspecified atom stereocenters. The smallest absolute Gasteiger partial charge is 0.133 e. The van der Waals surface area contributed by atoms with Crippen LogP contribution in [0.3, 0.4) is 0 Å². The van der Waals surface area contributed by atoms with E-state index in [1.165, 1.54) is 12.8 Å². The van der Waals surface area contributed by atoms with Gasteiger partial charge in [0, 0.05) is 5.92 Å². The van der Waals surface area contributed by atoms with E-state index in [1.807, 2.05) is 6.08 Å². The molecule has 0 bridgehead atoms. The summed E-state index contributed by atoms with van der Waals surface area (Å²) in [4.78, 5) is 11.2. The molecule has 0 heterocycles. The number of allylic oxidation sites excluding steroid dienone is 1. The molecule has 1 rings (SSSR count). The van der Waals surface area contributed by atoms with Gasteiger partial charge in [-0.25, -0.2) is 0 Å². The van der Waals surface area contributed by atoms with Crippen molar-refractivity contribution in [2.45, 2.75) is 33.1 Å². The standard InChI is InChI=1S/C11H18O/c1-4-8(2)10-6-5-7-11(10)9(3)12/h4,8,10-11H,1,5-7H2,2-3H3.